The highest BCUT2D eigenvalue weighted by atomic mass is 16.4. The monoisotopic (exact) mass is 1500 g/mol. The van der Waals surface area contributed by atoms with E-state index >= 15 is 0 Å². The smallest absolute Gasteiger partial charge is 0.328 e. The van der Waals surface area contributed by atoms with E-state index in [9.17, 15) is 82.4 Å². The third-order valence-electron chi connectivity index (χ3n) is 18.1. The molecule has 0 aliphatic carbocycles. The van der Waals surface area contributed by atoms with Crippen molar-refractivity contribution in [1.29, 1.82) is 0 Å². The third-order valence-corrected chi connectivity index (χ3v) is 18.1. The van der Waals surface area contributed by atoms with Gasteiger partial charge in [-0.15, -0.1) is 0 Å². The molecule has 2 aromatic carbocycles. The lowest BCUT2D eigenvalue weighted by molar-refractivity contribution is -0.146. The number of primary amides is 1. The number of carbonyl (C=O) groups is 14. The first-order valence-electron chi connectivity index (χ1n) is 35.7. The normalized spacial score (nSPS) is 16.9. The van der Waals surface area contributed by atoms with E-state index in [4.69, 9.17) is 22.9 Å². The molecule has 4 rings (SSSR count). The lowest BCUT2D eigenvalue weighted by Crippen LogP contribution is -2.63. The number of aliphatic hydroxyl groups excluding tert-OH is 2. The summed E-state index contributed by atoms with van der Waals surface area (Å²) >= 11 is 0. The zero-order valence-corrected chi connectivity index (χ0v) is 62.4. The average Bonchev–Trinajstić information content (AvgIpc) is 1.75. The SMILES string of the molecule is CC[C@H](C)[C@H](NC(=O)[C@H](CC(N)=O)NC(=O)[C@H](C)NC(=O)[C@H](Cc1ccccc1)NC(=O)[C@H](Cc1ccccc1)NC(=O)[C@H](Cc1cnc[nH]1)NC(=O)[C@@H](NC(=O)[C@@H](N)C(C)C)C(C)C)C(=O)N[C@H](C(=O)N[C@H](C(=O)N1CCC[C@H]1C(=O)N[C@@H](CCCN=C(N)N)C(=O)N[C@H](C(=O)O)[C@@H](C)O)[C@@H](C)O)C(C)C. The molecule has 0 unspecified atom stereocenters. The van der Waals surface area contributed by atoms with E-state index in [-0.39, 0.29) is 76.3 Å². The van der Waals surface area contributed by atoms with Gasteiger partial charge in [-0.1, -0.05) is 122 Å². The molecule has 590 valence electrons. The van der Waals surface area contributed by atoms with Gasteiger partial charge in [0, 0.05) is 44.2 Å². The molecular formula is C71H109N19O17. The summed E-state index contributed by atoms with van der Waals surface area (Å²) in [6.07, 6.45) is -1.11. The Kier molecular flexibility index (Phi) is 35.8. The van der Waals surface area contributed by atoms with Gasteiger partial charge in [0.1, 0.15) is 66.5 Å². The number of guanidine groups is 1. The number of nitrogens with one attached hydrogen (secondary N) is 12. The van der Waals surface area contributed by atoms with Gasteiger partial charge in [0.15, 0.2) is 12.0 Å². The largest absolute Gasteiger partial charge is 0.480 e. The topological polar surface area (TPSA) is 580 Å². The number of carboxylic acid groups (broad SMARTS) is 1. The zero-order chi connectivity index (χ0) is 80.1. The van der Waals surface area contributed by atoms with Crippen molar-refractivity contribution in [2.45, 2.75) is 225 Å². The van der Waals surface area contributed by atoms with Crippen LogP contribution in [0.15, 0.2) is 78.2 Å². The van der Waals surface area contributed by atoms with E-state index in [0.29, 0.717) is 16.8 Å². The highest BCUT2D eigenvalue weighted by molar-refractivity contribution is 6.01. The van der Waals surface area contributed by atoms with Gasteiger partial charge in [-0.25, -0.2) is 9.78 Å². The van der Waals surface area contributed by atoms with Crippen LogP contribution < -0.4 is 81.4 Å². The number of benzene rings is 2. The number of amides is 13. The maximum absolute atomic E-state index is 14.8. The van der Waals surface area contributed by atoms with Gasteiger partial charge in [0.2, 0.25) is 76.8 Å². The van der Waals surface area contributed by atoms with Crippen LogP contribution >= 0.6 is 0 Å². The number of aliphatic hydroxyl groups is 2. The minimum absolute atomic E-state index is 0.0126. The fourth-order valence-corrected chi connectivity index (χ4v) is 11.5. The van der Waals surface area contributed by atoms with Gasteiger partial charge < -0.3 is 107 Å². The molecule has 2 heterocycles. The van der Waals surface area contributed by atoms with Gasteiger partial charge in [0.05, 0.1) is 31.0 Å². The average molecular weight is 1500 g/mol. The van der Waals surface area contributed by atoms with E-state index < -0.39 is 198 Å². The Morgan fingerprint density at radius 3 is 1.46 bits per heavy atom. The summed E-state index contributed by atoms with van der Waals surface area (Å²) in [5, 5.41) is 59.0. The fourth-order valence-electron chi connectivity index (χ4n) is 11.5. The quantitative estimate of drug-likeness (QED) is 0.0145. The number of rotatable bonds is 43. The van der Waals surface area contributed by atoms with Crippen LogP contribution in [0.3, 0.4) is 0 Å². The number of aromatic amines is 1. The van der Waals surface area contributed by atoms with Gasteiger partial charge in [-0.05, 0) is 81.3 Å². The Bertz CT molecular complexity index is 3540. The zero-order valence-electron chi connectivity index (χ0n) is 62.4. The minimum atomic E-state index is -1.79. The van der Waals surface area contributed by atoms with Crippen LogP contribution in [0, 0.1) is 23.7 Å². The molecule has 0 spiro atoms. The molecule has 13 amide bonds. The van der Waals surface area contributed by atoms with Crippen LogP contribution in [0.5, 0.6) is 0 Å². The maximum Gasteiger partial charge on any atom is 0.328 e. The Balaban J connectivity index is 1.55. The van der Waals surface area contributed by atoms with Crippen molar-refractivity contribution >= 4 is 88.7 Å². The number of nitrogens with zero attached hydrogens (tertiary/aromatic N) is 3. The van der Waals surface area contributed by atoms with Crippen LogP contribution in [0.1, 0.15) is 132 Å². The summed E-state index contributed by atoms with van der Waals surface area (Å²) in [7, 11) is 0. The first-order chi connectivity index (χ1) is 50.3. The van der Waals surface area contributed by atoms with Crippen LogP contribution in [0.2, 0.25) is 0 Å². The van der Waals surface area contributed by atoms with Gasteiger partial charge in [0.25, 0.3) is 0 Å². The molecule has 36 nitrogen and oxygen atoms in total. The van der Waals surface area contributed by atoms with Crippen LogP contribution in [0.25, 0.3) is 0 Å². The molecule has 1 aromatic heterocycles. The van der Waals surface area contributed by atoms with Crippen molar-refractivity contribution in [3.63, 3.8) is 0 Å². The summed E-state index contributed by atoms with van der Waals surface area (Å²) in [4.78, 5) is 207. The number of likely N-dealkylation sites (tertiary alicyclic amines) is 1. The Morgan fingerprint density at radius 1 is 0.533 bits per heavy atom. The van der Waals surface area contributed by atoms with E-state index in [1.807, 2.05) is 0 Å². The van der Waals surface area contributed by atoms with Crippen LogP contribution in [-0.4, -0.2) is 223 Å². The van der Waals surface area contributed by atoms with Crippen LogP contribution in [-0.2, 0) is 86.4 Å². The summed E-state index contributed by atoms with van der Waals surface area (Å²) < 4.78 is 0. The minimum Gasteiger partial charge on any atom is -0.480 e. The lowest BCUT2D eigenvalue weighted by Gasteiger charge is -2.33. The summed E-state index contributed by atoms with van der Waals surface area (Å²) in [5.74, 6) is -15.8. The predicted octanol–water partition coefficient (Wildman–Crippen LogP) is -4.10. The molecule has 1 aliphatic rings. The van der Waals surface area contributed by atoms with Gasteiger partial charge >= 0.3 is 5.97 Å². The van der Waals surface area contributed by atoms with Crippen molar-refractivity contribution in [1.82, 2.24) is 73.4 Å². The van der Waals surface area contributed by atoms with Crippen LogP contribution in [0.4, 0.5) is 0 Å². The summed E-state index contributed by atoms with van der Waals surface area (Å²) in [6, 6.07) is -1.81. The summed E-state index contributed by atoms with van der Waals surface area (Å²) in [6.45, 7) is 16.8. The molecule has 1 aliphatic heterocycles. The molecule has 0 saturated carbocycles. The second-order valence-electron chi connectivity index (χ2n) is 27.9. The van der Waals surface area contributed by atoms with E-state index in [1.54, 1.807) is 116 Å². The predicted molar refractivity (Wildman–Crippen MR) is 391 cm³/mol. The van der Waals surface area contributed by atoms with Crippen molar-refractivity contribution in [2.24, 2.45) is 51.6 Å². The number of nitrogens with two attached hydrogens (primary N) is 4. The number of hydrogen-bond acceptors (Lipinski definition) is 19. The Morgan fingerprint density at radius 2 is 0.981 bits per heavy atom. The summed E-state index contributed by atoms with van der Waals surface area (Å²) in [5.41, 5.74) is 24.1. The van der Waals surface area contributed by atoms with E-state index in [0.717, 1.165) is 11.8 Å². The first kappa shape index (κ1) is 88.8. The fraction of sp³-hybridized carbons (Fsp3) is 0.577. The molecule has 0 radical (unpaired) electrons. The number of carboxylic acids is 1. The number of hydrogen-bond donors (Lipinski definition) is 19. The molecule has 36 heteroatoms. The number of imidazole rings is 1. The molecule has 3 aromatic rings. The van der Waals surface area contributed by atoms with Crippen molar-refractivity contribution in [2.75, 3.05) is 13.1 Å². The maximum atomic E-state index is 14.8. The standard InChI is InChI=1S/C71H109N19O17/c1-12-38(8)55(68(104)86-54(37(6)7)67(103)88-56(40(10)91)69(105)90-28-20-26-50(90)64(100)80-45(25-19-27-77-71(74)75)59(95)89-57(41(11)92)70(106)107)87-63(99)49(32-51(72)93)81-58(94)39(9)79-60(96)46(29-42-21-15-13-16-22-42)82-61(97)47(30-43-23-17-14-18-24-43)83-62(98)48(31-44-33-76-34-78-44)84-66(102)53(36(4)5)85-65(101)52(73)35(2)3/h13-18,21-24,33-41,45-50,52-57,91-92H,12,19-20,25-32,73H2,1-11H3,(H2,72,93)(H,76,78)(H,79,96)(H,80,100)(H,81,94)(H,82,97)(H,83,98)(H,84,102)(H,85,101)(H,86,104)(H,87,99)(H,88,103)(H,89,95)(H,106,107)(H4,74,75,77)/t38-,39-,40+,41+,45-,46-,47-,48-,49-,50-,52-,53-,54-,55-,56-,57-/m0/s1. The van der Waals surface area contributed by atoms with E-state index in [2.05, 4.69) is 73.4 Å². The Labute approximate surface area is 621 Å². The van der Waals surface area contributed by atoms with Gasteiger partial charge in [-0.3, -0.25) is 67.3 Å². The number of aliphatic imine (C=N–C) groups is 1. The molecule has 107 heavy (non-hydrogen) atoms. The van der Waals surface area contributed by atoms with Crippen molar-refractivity contribution in [3.8, 4) is 0 Å². The molecule has 16 atom stereocenters. The molecule has 23 N–H and O–H groups in total. The highest BCUT2D eigenvalue weighted by Crippen LogP contribution is 2.22. The van der Waals surface area contributed by atoms with E-state index in [1.165, 1.54) is 26.4 Å². The molecule has 1 saturated heterocycles. The van der Waals surface area contributed by atoms with Crippen molar-refractivity contribution < 1.29 is 82.4 Å². The highest BCUT2D eigenvalue weighted by Gasteiger charge is 2.43. The second kappa shape index (κ2) is 43.1. The number of carbonyl (C=O) groups excluding carboxylic acids is 13. The molecule has 0 bridgehead atoms. The third kappa shape index (κ3) is 28.3. The number of H-pyrrole nitrogens is 1. The van der Waals surface area contributed by atoms with Crippen molar-refractivity contribution in [3.05, 3.63) is 90.0 Å². The molecular weight excluding hydrogens is 1390 g/mol. The second-order valence-corrected chi connectivity index (χ2v) is 27.9. The lowest BCUT2D eigenvalue weighted by atomic mass is 9.95. The Hall–Kier alpha value is -10.6. The first-order valence-corrected chi connectivity index (χ1v) is 35.7. The number of aliphatic carboxylic acids is 1. The van der Waals surface area contributed by atoms with Gasteiger partial charge in [-0.2, -0.15) is 0 Å². The number of aromatic nitrogens is 2. The molecule has 1 fully saturated rings.